The highest BCUT2D eigenvalue weighted by Crippen LogP contribution is 2.40. The first-order valence-corrected chi connectivity index (χ1v) is 10.4. The summed E-state index contributed by atoms with van der Waals surface area (Å²) in [5, 5.41) is 9.93. The molecule has 0 saturated carbocycles. The number of carbonyl (C=O) groups is 1. The fourth-order valence-corrected chi connectivity index (χ4v) is 4.72. The number of aromatic nitrogens is 2. The van der Waals surface area contributed by atoms with Crippen molar-refractivity contribution in [2.24, 2.45) is 0 Å². The molecule has 2 bridgehead atoms. The number of carboxylic acid groups (broad SMARTS) is 1. The summed E-state index contributed by atoms with van der Waals surface area (Å²) in [6.07, 6.45) is 2.52. The van der Waals surface area contributed by atoms with Crippen molar-refractivity contribution in [3.8, 4) is 17.0 Å². The quantitative estimate of drug-likeness (QED) is 0.669. The molecule has 1 aromatic heterocycles. The first-order chi connectivity index (χ1) is 14.9. The van der Waals surface area contributed by atoms with Crippen LogP contribution in [0.1, 0.15) is 19.3 Å². The van der Waals surface area contributed by atoms with Crippen molar-refractivity contribution in [2.75, 3.05) is 25.9 Å². The van der Waals surface area contributed by atoms with E-state index in [2.05, 4.69) is 9.97 Å². The fourth-order valence-electron chi connectivity index (χ4n) is 4.55. The van der Waals surface area contributed by atoms with E-state index in [9.17, 15) is 9.90 Å². The molecule has 3 heterocycles. The van der Waals surface area contributed by atoms with Gasteiger partial charge in [0.2, 0.25) is 0 Å². The predicted molar refractivity (Wildman–Crippen MR) is 113 cm³/mol. The second kappa shape index (κ2) is 8.84. The third kappa shape index (κ3) is 4.12. The zero-order valence-electron chi connectivity index (χ0n) is 17.2. The van der Waals surface area contributed by atoms with Crippen LogP contribution in [-0.4, -0.2) is 71.3 Å². The van der Waals surface area contributed by atoms with Crippen LogP contribution in [0.2, 0.25) is 5.02 Å². The number of ether oxygens (including phenoxy) is 2. The molecular weight excluding hydrogens is 427 g/mol. The highest BCUT2D eigenvalue weighted by Gasteiger charge is 2.51. The van der Waals surface area contributed by atoms with Gasteiger partial charge in [0.15, 0.2) is 6.79 Å². The number of fused-ring (bicyclic) bond motifs is 2. The maximum absolute atomic E-state index is 15.2. The molecular formula is C21H24ClFN4O4. The summed E-state index contributed by atoms with van der Waals surface area (Å²) in [7, 11) is 3.30. The zero-order chi connectivity index (χ0) is 22.1. The zero-order valence-corrected chi connectivity index (χ0v) is 18.0. The molecule has 1 amide bonds. The van der Waals surface area contributed by atoms with Gasteiger partial charge in [-0.05, 0) is 37.5 Å². The molecule has 2 aliphatic rings. The molecule has 0 spiro atoms. The van der Waals surface area contributed by atoms with Crippen LogP contribution in [-0.2, 0) is 4.74 Å². The first kappa shape index (κ1) is 21.6. The Morgan fingerprint density at radius 3 is 2.84 bits per heavy atom. The van der Waals surface area contributed by atoms with Crippen LogP contribution in [0.4, 0.5) is 15.0 Å². The minimum Gasteiger partial charge on any atom is -0.467 e. The Balaban J connectivity index is 1.53. The number of rotatable bonds is 6. The lowest BCUT2D eigenvalue weighted by atomic mass is 9.94. The fraction of sp³-hybridized carbons (Fsp3) is 0.476. The van der Waals surface area contributed by atoms with Gasteiger partial charge in [-0.3, -0.25) is 9.88 Å². The van der Waals surface area contributed by atoms with Crippen molar-refractivity contribution in [3.05, 3.63) is 35.6 Å². The average Bonchev–Trinajstić information content (AvgIpc) is 3.12. The predicted octanol–water partition coefficient (Wildman–Crippen LogP) is 3.84. The standard InChI is InChI=1S/C21H24ClFN4O4/c1-26(17-8-13-4-6-16(20(17)23)27(13)21(28)29)19-10-24-15(9-25-19)14-5-3-12(22)7-18(14)31-11-30-2/h3,5,7,9-10,13,16-17,20H,4,6,8,11H2,1-2H3,(H,28,29)/t13-,16+,17-,20+/m0/s1. The molecule has 4 rings (SSSR count). The Morgan fingerprint density at radius 2 is 2.16 bits per heavy atom. The van der Waals surface area contributed by atoms with E-state index in [1.54, 1.807) is 42.5 Å². The van der Waals surface area contributed by atoms with Crippen LogP contribution < -0.4 is 9.64 Å². The highest BCUT2D eigenvalue weighted by molar-refractivity contribution is 6.30. The summed E-state index contributed by atoms with van der Waals surface area (Å²) in [6, 6.07) is 3.98. The average molecular weight is 451 g/mol. The van der Waals surface area contributed by atoms with Crippen LogP contribution in [0.25, 0.3) is 11.3 Å². The van der Waals surface area contributed by atoms with Gasteiger partial charge in [0.05, 0.1) is 30.2 Å². The SMILES string of the molecule is COCOc1cc(Cl)ccc1-c1cnc(N(C)[C@H]2C[C@@H]3CC[C@H]([C@H]2F)N3C(=O)O)cn1. The Bertz CT molecular complexity index is 947. The number of hydrogen-bond donors (Lipinski definition) is 1. The normalized spacial score (nSPS) is 24.8. The molecule has 0 radical (unpaired) electrons. The molecule has 10 heteroatoms. The lowest BCUT2D eigenvalue weighted by Gasteiger charge is -2.43. The monoisotopic (exact) mass is 450 g/mol. The summed E-state index contributed by atoms with van der Waals surface area (Å²) in [5.41, 5.74) is 1.29. The van der Waals surface area contributed by atoms with E-state index in [1.807, 2.05) is 0 Å². The maximum Gasteiger partial charge on any atom is 0.407 e. The number of anilines is 1. The summed E-state index contributed by atoms with van der Waals surface area (Å²) in [6.45, 7) is 0.0663. The van der Waals surface area contributed by atoms with Crippen molar-refractivity contribution in [3.63, 3.8) is 0 Å². The lowest BCUT2D eigenvalue weighted by Crippen LogP contribution is -2.58. The largest absolute Gasteiger partial charge is 0.467 e. The number of benzene rings is 1. The molecule has 1 aromatic carbocycles. The van der Waals surface area contributed by atoms with Gasteiger partial charge in [0.25, 0.3) is 0 Å². The van der Waals surface area contributed by atoms with E-state index in [1.165, 1.54) is 12.0 Å². The molecule has 8 nitrogen and oxygen atoms in total. The second-order valence-corrected chi connectivity index (χ2v) is 8.23. The number of hydrogen-bond acceptors (Lipinski definition) is 6. The van der Waals surface area contributed by atoms with Crippen LogP contribution in [0.15, 0.2) is 30.6 Å². The molecule has 2 fully saturated rings. The van der Waals surface area contributed by atoms with E-state index in [4.69, 9.17) is 21.1 Å². The molecule has 0 unspecified atom stereocenters. The minimum absolute atomic E-state index is 0.0663. The highest BCUT2D eigenvalue weighted by atomic mass is 35.5. The number of alkyl halides is 1. The number of nitrogens with zero attached hydrogens (tertiary/aromatic N) is 4. The maximum atomic E-state index is 15.2. The Morgan fingerprint density at radius 1 is 1.35 bits per heavy atom. The summed E-state index contributed by atoms with van der Waals surface area (Å²) < 4.78 is 25.8. The Hall–Kier alpha value is -2.65. The molecule has 1 N–H and O–H groups in total. The third-order valence-corrected chi connectivity index (χ3v) is 6.30. The van der Waals surface area contributed by atoms with Gasteiger partial charge in [0.1, 0.15) is 17.7 Å². The van der Waals surface area contributed by atoms with Crippen LogP contribution >= 0.6 is 11.6 Å². The van der Waals surface area contributed by atoms with Gasteiger partial charge < -0.3 is 19.5 Å². The molecule has 2 saturated heterocycles. The van der Waals surface area contributed by atoms with Crippen molar-refractivity contribution in [1.82, 2.24) is 14.9 Å². The van der Waals surface area contributed by atoms with E-state index in [0.717, 1.165) is 0 Å². The second-order valence-electron chi connectivity index (χ2n) is 7.80. The molecule has 4 atom stereocenters. The minimum atomic E-state index is -1.29. The Labute approximate surface area is 184 Å². The smallest absolute Gasteiger partial charge is 0.407 e. The van der Waals surface area contributed by atoms with E-state index in [0.29, 0.717) is 47.1 Å². The molecule has 2 aliphatic heterocycles. The Kier molecular flexibility index (Phi) is 6.15. The molecule has 2 aromatic rings. The summed E-state index contributed by atoms with van der Waals surface area (Å²) in [4.78, 5) is 23.5. The number of methoxy groups -OCH3 is 1. The van der Waals surface area contributed by atoms with Gasteiger partial charge in [0, 0.05) is 30.8 Å². The van der Waals surface area contributed by atoms with Crippen LogP contribution in [0.3, 0.4) is 0 Å². The number of piperidine rings is 1. The van der Waals surface area contributed by atoms with Crippen molar-refractivity contribution < 1.29 is 23.8 Å². The summed E-state index contributed by atoms with van der Waals surface area (Å²) in [5.74, 6) is 1.04. The third-order valence-electron chi connectivity index (χ3n) is 6.06. The van der Waals surface area contributed by atoms with E-state index < -0.39 is 24.3 Å². The van der Waals surface area contributed by atoms with Crippen molar-refractivity contribution in [2.45, 2.75) is 43.6 Å². The molecule has 166 valence electrons. The van der Waals surface area contributed by atoms with Crippen molar-refractivity contribution >= 4 is 23.5 Å². The van der Waals surface area contributed by atoms with Gasteiger partial charge in [-0.15, -0.1) is 0 Å². The first-order valence-electron chi connectivity index (χ1n) is 10.0. The molecule has 0 aliphatic carbocycles. The molecule has 31 heavy (non-hydrogen) atoms. The van der Waals surface area contributed by atoms with Gasteiger partial charge >= 0.3 is 6.09 Å². The van der Waals surface area contributed by atoms with E-state index in [-0.39, 0.29) is 12.8 Å². The summed E-state index contributed by atoms with van der Waals surface area (Å²) >= 11 is 6.07. The number of amides is 1. The van der Waals surface area contributed by atoms with Gasteiger partial charge in [-0.2, -0.15) is 0 Å². The van der Waals surface area contributed by atoms with Crippen LogP contribution in [0, 0.1) is 0 Å². The lowest BCUT2D eigenvalue weighted by molar-refractivity contribution is 0.0489. The van der Waals surface area contributed by atoms with Crippen LogP contribution in [0.5, 0.6) is 5.75 Å². The number of halogens is 2. The van der Waals surface area contributed by atoms with E-state index >= 15 is 4.39 Å². The van der Waals surface area contributed by atoms with Gasteiger partial charge in [-0.1, -0.05) is 11.6 Å². The van der Waals surface area contributed by atoms with Crippen molar-refractivity contribution in [1.29, 1.82) is 0 Å². The van der Waals surface area contributed by atoms with Gasteiger partial charge in [-0.25, -0.2) is 14.2 Å². The topological polar surface area (TPSA) is 88.0 Å².